The van der Waals surface area contributed by atoms with E-state index < -0.39 is 5.97 Å². The Balaban J connectivity index is 1.84. The summed E-state index contributed by atoms with van der Waals surface area (Å²) in [5.74, 6) is -0.949. The predicted molar refractivity (Wildman–Crippen MR) is 103 cm³/mol. The molecule has 0 saturated heterocycles. The van der Waals surface area contributed by atoms with Gasteiger partial charge in [0.2, 0.25) is 0 Å². The Morgan fingerprint density at radius 1 is 1.12 bits per heavy atom. The van der Waals surface area contributed by atoms with Crippen molar-refractivity contribution in [2.45, 2.75) is 38.5 Å². The molecule has 3 rings (SSSR count). The summed E-state index contributed by atoms with van der Waals surface area (Å²) in [6.07, 6.45) is 6.95. The van der Waals surface area contributed by atoms with Crippen molar-refractivity contribution in [1.29, 1.82) is 0 Å². The lowest BCUT2D eigenvalue weighted by molar-refractivity contribution is 0.0697. The molecule has 26 heavy (non-hydrogen) atoms. The standard InChI is InChI=1S/C22H23NO3/c1-22(2)13-3-4-17-14-18(10-11-19(17)22)20(23-26)12-7-15-5-8-16(9-6-15)21(24)25/h5-12,14,26H,3-4,13H2,1-2H3,(H,24,25)/b12-7-,23-20-. The largest absolute Gasteiger partial charge is 0.478 e. The molecule has 0 amide bonds. The Morgan fingerprint density at radius 3 is 2.46 bits per heavy atom. The molecule has 0 fully saturated rings. The molecule has 2 aromatic rings. The number of hydrogen-bond acceptors (Lipinski definition) is 3. The smallest absolute Gasteiger partial charge is 0.335 e. The van der Waals surface area contributed by atoms with E-state index in [-0.39, 0.29) is 11.0 Å². The highest BCUT2D eigenvalue weighted by molar-refractivity contribution is 6.10. The van der Waals surface area contributed by atoms with Crippen LogP contribution in [0.25, 0.3) is 6.08 Å². The van der Waals surface area contributed by atoms with Crippen LogP contribution in [0, 0.1) is 0 Å². The molecule has 0 unspecified atom stereocenters. The fourth-order valence-electron chi connectivity index (χ4n) is 3.57. The second-order valence-corrected chi connectivity index (χ2v) is 7.36. The van der Waals surface area contributed by atoms with Gasteiger partial charge >= 0.3 is 5.97 Å². The predicted octanol–water partition coefficient (Wildman–Crippen LogP) is 4.89. The van der Waals surface area contributed by atoms with Gasteiger partial charge in [-0.05, 0) is 65.6 Å². The highest BCUT2D eigenvalue weighted by Crippen LogP contribution is 2.37. The van der Waals surface area contributed by atoms with E-state index in [2.05, 4.69) is 31.1 Å². The van der Waals surface area contributed by atoms with E-state index in [4.69, 9.17) is 5.11 Å². The molecule has 0 radical (unpaired) electrons. The first-order valence-corrected chi connectivity index (χ1v) is 8.78. The van der Waals surface area contributed by atoms with Crippen molar-refractivity contribution in [3.8, 4) is 0 Å². The molecule has 0 spiro atoms. The number of hydrogen-bond donors (Lipinski definition) is 2. The summed E-state index contributed by atoms with van der Waals surface area (Å²) in [7, 11) is 0. The molecule has 134 valence electrons. The molecule has 0 saturated carbocycles. The van der Waals surface area contributed by atoms with Gasteiger partial charge in [0.1, 0.15) is 5.71 Å². The lowest BCUT2D eigenvalue weighted by atomic mass is 9.72. The average Bonchev–Trinajstić information content (AvgIpc) is 2.62. The van der Waals surface area contributed by atoms with E-state index >= 15 is 0 Å². The summed E-state index contributed by atoms with van der Waals surface area (Å²) in [5, 5.41) is 21.8. The van der Waals surface area contributed by atoms with Gasteiger partial charge in [0.15, 0.2) is 0 Å². The van der Waals surface area contributed by atoms with Crippen LogP contribution in [-0.4, -0.2) is 22.0 Å². The molecular weight excluding hydrogens is 326 g/mol. The number of benzene rings is 2. The van der Waals surface area contributed by atoms with E-state index in [9.17, 15) is 10.0 Å². The van der Waals surface area contributed by atoms with Crippen LogP contribution in [0.15, 0.2) is 53.7 Å². The van der Waals surface area contributed by atoms with Gasteiger partial charge in [-0.3, -0.25) is 0 Å². The minimum absolute atomic E-state index is 0.185. The first-order valence-electron chi connectivity index (χ1n) is 8.78. The van der Waals surface area contributed by atoms with Gasteiger partial charge in [-0.15, -0.1) is 0 Å². The quantitative estimate of drug-likeness (QED) is 0.469. The molecule has 0 aromatic heterocycles. The first-order chi connectivity index (χ1) is 12.4. The van der Waals surface area contributed by atoms with Crippen LogP contribution in [-0.2, 0) is 11.8 Å². The number of rotatable bonds is 4. The number of carboxylic acids is 1. The number of aromatic carboxylic acids is 1. The van der Waals surface area contributed by atoms with Crippen LogP contribution in [0.2, 0.25) is 0 Å². The van der Waals surface area contributed by atoms with Gasteiger partial charge in [0.05, 0.1) is 5.56 Å². The second kappa shape index (κ2) is 7.16. The van der Waals surface area contributed by atoms with Crippen LogP contribution in [0.3, 0.4) is 0 Å². The Kier molecular flexibility index (Phi) is 4.94. The number of oxime groups is 1. The number of carbonyl (C=O) groups is 1. The molecule has 4 nitrogen and oxygen atoms in total. The van der Waals surface area contributed by atoms with Crippen LogP contribution < -0.4 is 0 Å². The number of aryl methyl sites for hydroxylation is 1. The number of nitrogens with zero attached hydrogens (tertiary/aromatic N) is 1. The van der Waals surface area contributed by atoms with E-state index in [1.54, 1.807) is 30.3 Å². The number of carboxylic acid groups (broad SMARTS) is 1. The number of fused-ring (bicyclic) bond motifs is 1. The molecule has 1 aliphatic rings. The maximum Gasteiger partial charge on any atom is 0.335 e. The molecule has 0 aliphatic heterocycles. The molecule has 0 heterocycles. The Labute approximate surface area is 153 Å². The molecule has 1 aliphatic carbocycles. The average molecular weight is 349 g/mol. The maximum atomic E-state index is 10.9. The third-order valence-electron chi connectivity index (χ3n) is 5.08. The SMILES string of the molecule is CC1(C)CCCc2cc(C(/C=C\c3ccc(C(=O)O)cc3)=N\O)ccc21. The minimum atomic E-state index is -0.949. The zero-order chi connectivity index (χ0) is 18.7. The maximum absolute atomic E-state index is 10.9. The molecule has 2 aromatic carbocycles. The zero-order valence-corrected chi connectivity index (χ0v) is 15.1. The van der Waals surface area contributed by atoms with Crippen molar-refractivity contribution in [2.75, 3.05) is 0 Å². The lowest BCUT2D eigenvalue weighted by Gasteiger charge is -2.32. The molecule has 4 heteroatoms. The summed E-state index contributed by atoms with van der Waals surface area (Å²) in [5.41, 5.74) is 5.33. The summed E-state index contributed by atoms with van der Waals surface area (Å²) < 4.78 is 0. The number of allylic oxidation sites excluding steroid dienone is 1. The summed E-state index contributed by atoms with van der Waals surface area (Å²) in [6.45, 7) is 4.54. The van der Waals surface area contributed by atoms with Gasteiger partial charge in [0.25, 0.3) is 0 Å². The Hall–Kier alpha value is -2.88. The highest BCUT2D eigenvalue weighted by atomic mass is 16.4. The second-order valence-electron chi connectivity index (χ2n) is 7.36. The highest BCUT2D eigenvalue weighted by Gasteiger charge is 2.27. The van der Waals surface area contributed by atoms with E-state index in [1.165, 1.54) is 24.0 Å². The Bertz CT molecular complexity index is 877. The van der Waals surface area contributed by atoms with Crippen LogP contribution >= 0.6 is 0 Å². The Morgan fingerprint density at radius 2 is 1.81 bits per heavy atom. The third kappa shape index (κ3) is 3.69. The summed E-state index contributed by atoms with van der Waals surface area (Å²) in [6, 6.07) is 12.8. The van der Waals surface area contributed by atoms with Crippen molar-refractivity contribution in [1.82, 2.24) is 0 Å². The van der Waals surface area contributed by atoms with Gasteiger partial charge in [-0.2, -0.15) is 0 Å². The topological polar surface area (TPSA) is 69.9 Å². The van der Waals surface area contributed by atoms with Crippen molar-refractivity contribution in [3.63, 3.8) is 0 Å². The van der Waals surface area contributed by atoms with Gasteiger partial charge < -0.3 is 10.3 Å². The van der Waals surface area contributed by atoms with Gasteiger partial charge in [-0.1, -0.05) is 49.3 Å². The van der Waals surface area contributed by atoms with E-state index in [1.807, 2.05) is 12.1 Å². The van der Waals surface area contributed by atoms with Crippen LogP contribution in [0.4, 0.5) is 0 Å². The van der Waals surface area contributed by atoms with Crippen molar-refractivity contribution >= 4 is 17.8 Å². The van der Waals surface area contributed by atoms with Gasteiger partial charge in [-0.25, -0.2) is 4.79 Å². The van der Waals surface area contributed by atoms with Crippen molar-refractivity contribution in [2.24, 2.45) is 5.16 Å². The first kappa shape index (κ1) is 17.9. The fraction of sp³-hybridized carbons (Fsp3) is 0.273. The minimum Gasteiger partial charge on any atom is -0.478 e. The monoisotopic (exact) mass is 349 g/mol. The molecule has 2 N–H and O–H groups in total. The molecular formula is C22H23NO3. The summed E-state index contributed by atoms with van der Waals surface area (Å²) >= 11 is 0. The zero-order valence-electron chi connectivity index (χ0n) is 15.1. The van der Waals surface area contributed by atoms with Gasteiger partial charge in [0, 0.05) is 5.56 Å². The fourth-order valence-corrected chi connectivity index (χ4v) is 3.57. The summed E-state index contributed by atoms with van der Waals surface area (Å²) in [4.78, 5) is 10.9. The third-order valence-corrected chi connectivity index (χ3v) is 5.08. The lowest BCUT2D eigenvalue weighted by Crippen LogP contribution is -2.24. The normalized spacial score (nSPS) is 16.5. The van der Waals surface area contributed by atoms with E-state index in [0.29, 0.717) is 5.71 Å². The molecule has 0 atom stereocenters. The molecule has 0 bridgehead atoms. The van der Waals surface area contributed by atoms with Crippen molar-refractivity contribution < 1.29 is 15.1 Å². The van der Waals surface area contributed by atoms with Crippen LogP contribution in [0.5, 0.6) is 0 Å². The van der Waals surface area contributed by atoms with Crippen molar-refractivity contribution in [3.05, 3.63) is 76.4 Å². The van der Waals surface area contributed by atoms with Crippen LogP contribution in [0.1, 0.15) is 59.3 Å². The van der Waals surface area contributed by atoms with E-state index in [0.717, 1.165) is 17.5 Å².